The van der Waals surface area contributed by atoms with Crippen LogP contribution in [-0.4, -0.2) is 41.4 Å². The SMILES string of the molecule is CC1=CC(=O)NC(=O)C1C#N.[Na]. The summed E-state index contributed by atoms with van der Waals surface area (Å²) in [7, 11) is 0. The van der Waals surface area contributed by atoms with Gasteiger partial charge >= 0.3 is 0 Å². The number of carbonyl (C=O) groups excluding carboxylic acids is 2. The minimum Gasteiger partial charge on any atom is -0.291 e. The van der Waals surface area contributed by atoms with Gasteiger partial charge in [0.15, 0.2) is 0 Å². The maximum Gasteiger partial charge on any atom is 0.250 e. The van der Waals surface area contributed by atoms with Crippen LogP contribution in [0.3, 0.4) is 0 Å². The van der Waals surface area contributed by atoms with Crippen LogP contribution in [0.1, 0.15) is 6.92 Å². The first-order chi connectivity index (χ1) is 5.15. The molecule has 0 spiro atoms. The van der Waals surface area contributed by atoms with Crippen molar-refractivity contribution in [2.75, 3.05) is 0 Å². The van der Waals surface area contributed by atoms with Gasteiger partial charge < -0.3 is 0 Å². The minimum atomic E-state index is -0.798. The second-order valence-electron chi connectivity index (χ2n) is 2.30. The number of imide groups is 1. The fourth-order valence-corrected chi connectivity index (χ4v) is 0.887. The van der Waals surface area contributed by atoms with E-state index in [1.165, 1.54) is 6.08 Å². The molecule has 1 aliphatic heterocycles. The first kappa shape index (κ1) is 11.4. The molecule has 1 radical (unpaired) electrons. The summed E-state index contributed by atoms with van der Waals surface area (Å²) in [6, 6.07) is 1.79. The number of hydrogen-bond donors (Lipinski definition) is 1. The predicted molar refractivity (Wildman–Crippen MR) is 41.8 cm³/mol. The van der Waals surface area contributed by atoms with E-state index >= 15 is 0 Å². The van der Waals surface area contributed by atoms with Crippen LogP contribution in [0.25, 0.3) is 0 Å². The van der Waals surface area contributed by atoms with Crippen molar-refractivity contribution in [2.45, 2.75) is 6.92 Å². The zero-order chi connectivity index (χ0) is 8.43. The van der Waals surface area contributed by atoms with Crippen LogP contribution in [-0.2, 0) is 9.59 Å². The fourth-order valence-electron chi connectivity index (χ4n) is 0.887. The van der Waals surface area contributed by atoms with Gasteiger partial charge in [0.1, 0.15) is 5.92 Å². The minimum absolute atomic E-state index is 0. The van der Waals surface area contributed by atoms with Gasteiger partial charge in [-0.15, -0.1) is 0 Å². The quantitative estimate of drug-likeness (QED) is 0.391. The van der Waals surface area contributed by atoms with Crippen LogP contribution >= 0.6 is 0 Å². The van der Waals surface area contributed by atoms with E-state index in [4.69, 9.17) is 5.26 Å². The molecule has 0 aromatic heterocycles. The van der Waals surface area contributed by atoms with Crippen molar-refractivity contribution < 1.29 is 9.59 Å². The number of amides is 2. The molecule has 1 atom stereocenters. The molecule has 5 heteroatoms. The first-order valence-electron chi connectivity index (χ1n) is 3.08. The van der Waals surface area contributed by atoms with Gasteiger partial charge in [0.2, 0.25) is 5.91 Å². The second-order valence-corrected chi connectivity index (χ2v) is 2.30. The molecule has 2 amide bonds. The van der Waals surface area contributed by atoms with E-state index in [0.717, 1.165) is 0 Å². The van der Waals surface area contributed by atoms with Crippen LogP contribution in [0.2, 0.25) is 0 Å². The number of nitrogens with one attached hydrogen (secondary N) is 1. The van der Waals surface area contributed by atoms with Crippen molar-refractivity contribution >= 4 is 41.4 Å². The summed E-state index contributed by atoms with van der Waals surface area (Å²) in [5.41, 5.74) is 0.501. The Kier molecular flexibility index (Phi) is 4.18. The van der Waals surface area contributed by atoms with Gasteiger partial charge in [-0.1, -0.05) is 0 Å². The van der Waals surface area contributed by atoms with Crippen molar-refractivity contribution in [3.63, 3.8) is 0 Å². The Bertz CT molecular complexity index is 290. The zero-order valence-electron chi connectivity index (χ0n) is 6.92. The Labute approximate surface area is 91.9 Å². The van der Waals surface area contributed by atoms with Crippen molar-refractivity contribution in [1.82, 2.24) is 5.32 Å². The molecule has 1 heterocycles. The van der Waals surface area contributed by atoms with Crippen LogP contribution in [0, 0.1) is 17.2 Å². The third-order valence-corrected chi connectivity index (χ3v) is 1.45. The topological polar surface area (TPSA) is 70.0 Å². The predicted octanol–water partition coefficient (Wildman–Crippen LogP) is -0.652. The Morgan fingerprint density at radius 1 is 1.58 bits per heavy atom. The zero-order valence-corrected chi connectivity index (χ0v) is 8.92. The molecular weight excluding hydrogens is 167 g/mol. The molecule has 4 nitrogen and oxygen atoms in total. The molecule has 0 aromatic carbocycles. The summed E-state index contributed by atoms with van der Waals surface area (Å²) in [6.07, 6.45) is 1.26. The number of nitrogens with zero attached hydrogens (tertiary/aromatic N) is 1. The molecule has 0 saturated heterocycles. The van der Waals surface area contributed by atoms with Crippen molar-refractivity contribution in [3.05, 3.63) is 11.6 Å². The maximum absolute atomic E-state index is 10.9. The molecule has 1 unspecified atom stereocenters. The van der Waals surface area contributed by atoms with Crippen LogP contribution < -0.4 is 5.32 Å². The van der Waals surface area contributed by atoms with E-state index in [0.29, 0.717) is 5.57 Å². The van der Waals surface area contributed by atoms with Crippen molar-refractivity contribution in [3.8, 4) is 6.07 Å². The Morgan fingerprint density at radius 3 is 2.58 bits per heavy atom. The molecule has 0 saturated carbocycles. The van der Waals surface area contributed by atoms with E-state index in [1.807, 2.05) is 5.32 Å². The maximum atomic E-state index is 10.9. The monoisotopic (exact) mass is 173 g/mol. The summed E-state index contributed by atoms with van der Waals surface area (Å²) < 4.78 is 0. The van der Waals surface area contributed by atoms with Gasteiger partial charge in [-0.2, -0.15) is 5.26 Å². The van der Waals surface area contributed by atoms with Gasteiger partial charge in [-0.3, -0.25) is 14.9 Å². The molecule has 57 valence electrons. The van der Waals surface area contributed by atoms with Gasteiger partial charge in [-0.05, 0) is 12.5 Å². The Hall–Kier alpha value is -0.630. The van der Waals surface area contributed by atoms with Crippen LogP contribution in [0.15, 0.2) is 11.6 Å². The van der Waals surface area contributed by atoms with E-state index in [1.54, 1.807) is 13.0 Å². The summed E-state index contributed by atoms with van der Waals surface area (Å²) in [5, 5.41) is 10.5. The average Bonchev–Trinajstić information content (AvgIpc) is 1.85. The van der Waals surface area contributed by atoms with E-state index in [9.17, 15) is 9.59 Å². The Balaban J connectivity index is 0.00000121. The first-order valence-corrected chi connectivity index (χ1v) is 3.08. The molecule has 1 aliphatic rings. The Morgan fingerprint density at radius 2 is 2.17 bits per heavy atom. The van der Waals surface area contributed by atoms with Gasteiger partial charge in [0.05, 0.1) is 6.07 Å². The third-order valence-electron chi connectivity index (χ3n) is 1.45. The third kappa shape index (κ3) is 2.18. The van der Waals surface area contributed by atoms with Crippen LogP contribution in [0.5, 0.6) is 0 Å². The molecule has 0 fully saturated rings. The largest absolute Gasteiger partial charge is 0.291 e. The van der Waals surface area contributed by atoms with Gasteiger partial charge in [-0.25, -0.2) is 0 Å². The number of carbonyl (C=O) groups is 2. The van der Waals surface area contributed by atoms with Crippen molar-refractivity contribution in [2.24, 2.45) is 5.92 Å². The van der Waals surface area contributed by atoms with Crippen molar-refractivity contribution in [1.29, 1.82) is 5.26 Å². The number of hydrogen-bond acceptors (Lipinski definition) is 3. The average molecular weight is 173 g/mol. The van der Waals surface area contributed by atoms with Crippen LogP contribution in [0.4, 0.5) is 0 Å². The molecular formula is C7H6N2NaO2. The number of nitriles is 1. The molecule has 0 bridgehead atoms. The normalized spacial score (nSPS) is 21.7. The summed E-state index contributed by atoms with van der Waals surface area (Å²) >= 11 is 0. The molecule has 12 heavy (non-hydrogen) atoms. The van der Waals surface area contributed by atoms with E-state index < -0.39 is 17.7 Å². The van der Waals surface area contributed by atoms with Gasteiger partial charge in [0, 0.05) is 35.6 Å². The summed E-state index contributed by atoms with van der Waals surface area (Å²) in [5.74, 6) is -1.77. The molecule has 0 aliphatic carbocycles. The van der Waals surface area contributed by atoms with E-state index in [2.05, 4.69) is 0 Å². The second kappa shape index (κ2) is 4.41. The standard InChI is InChI=1S/C7H6N2O2.Na/c1-4-2-6(10)9-7(11)5(4)3-8;/h2,5H,1H3,(H,9,10,11);. The van der Waals surface area contributed by atoms with Gasteiger partial charge in [0.25, 0.3) is 5.91 Å². The van der Waals surface area contributed by atoms with E-state index in [-0.39, 0.29) is 29.6 Å². The molecule has 1 rings (SSSR count). The fraction of sp³-hybridized carbons (Fsp3) is 0.286. The number of rotatable bonds is 0. The summed E-state index contributed by atoms with van der Waals surface area (Å²) in [6.45, 7) is 1.59. The summed E-state index contributed by atoms with van der Waals surface area (Å²) in [4.78, 5) is 21.5. The smallest absolute Gasteiger partial charge is 0.250 e. The molecule has 0 aromatic rings. The molecule has 1 N–H and O–H groups in total.